The van der Waals surface area contributed by atoms with Crippen LogP contribution in [0.4, 0.5) is 0 Å². The molecule has 2 fully saturated rings. The van der Waals surface area contributed by atoms with Crippen molar-refractivity contribution >= 4 is 5.91 Å². The number of carbonyl (C=O) groups is 1. The number of carbonyl (C=O) groups excluding carboxylic acids is 1. The summed E-state index contributed by atoms with van der Waals surface area (Å²) in [5, 5.41) is 0. The highest BCUT2D eigenvalue weighted by atomic mass is 16.2. The summed E-state index contributed by atoms with van der Waals surface area (Å²) in [7, 11) is 0. The molecule has 0 aromatic heterocycles. The van der Waals surface area contributed by atoms with Gasteiger partial charge in [-0.25, -0.2) is 0 Å². The summed E-state index contributed by atoms with van der Waals surface area (Å²) in [6.07, 6.45) is 5.02. The lowest BCUT2D eigenvalue weighted by Crippen LogP contribution is -2.50. The maximum Gasteiger partial charge on any atom is 0.227 e. The van der Waals surface area contributed by atoms with Gasteiger partial charge in [-0.15, -0.1) is 0 Å². The lowest BCUT2D eigenvalue weighted by molar-refractivity contribution is -0.141. The van der Waals surface area contributed by atoms with Crippen LogP contribution in [0.2, 0.25) is 0 Å². The largest absolute Gasteiger partial charge is 0.342 e. The van der Waals surface area contributed by atoms with Crippen molar-refractivity contribution in [1.82, 2.24) is 9.80 Å². The molecule has 0 atom stereocenters. The topological polar surface area (TPSA) is 23.6 Å². The lowest BCUT2D eigenvalue weighted by Gasteiger charge is -2.42. The van der Waals surface area contributed by atoms with Crippen molar-refractivity contribution in [2.24, 2.45) is 11.3 Å². The summed E-state index contributed by atoms with van der Waals surface area (Å²) in [5.74, 6) is 1.22. The first-order valence-corrected chi connectivity index (χ1v) is 7.91. The molecule has 0 aromatic rings. The summed E-state index contributed by atoms with van der Waals surface area (Å²) in [6.45, 7) is 12.9. The Kier molecular flexibility index (Phi) is 4.54. The minimum absolute atomic E-state index is 0.229. The minimum Gasteiger partial charge on any atom is -0.342 e. The van der Waals surface area contributed by atoms with E-state index in [1.807, 2.05) is 20.8 Å². The molecule has 110 valence electrons. The van der Waals surface area contributed by atoms with E-state index >= 15 is 0 Å². The zero-order valence-electron chi connectivity index (χ0n) is 13.1. The Morgan fingerprint density at radius 2 is 1.47 bits per heavy atom. The molecular weight excluding hydrogens is 236 g/mol. The number of hydrogen-bond donors (Lipinski definition) is 0. The number of nitrogens with zero attached hydrogens (tertiary/aromatic N) is 2. The highest BCUT2D eigenvalue weighted by molar-refractivity contribution is 5.81. The Labute approximate surface area is 118 Å². The Hall–Kier alpha value is -0.570. The monoisotopic (exact) mass is 266 g/mol. The van der Waals surface area contributed by atoms with E-state index in [4.69, 9.17) is 0 Å². The standard InChI is InChI=1S/C16H30N2O/c1-13-5-9-17(10-6-13)14-7-11-18(12-8-14)15(19)16(2,3)4/h13-14H,5-12H2,1-4H3. The Morgan fingerprint density at radius 3 is 1.95 bits per heavy atom. The molecule has 0 aliphatic carbocycles. The van der Waals surface area contributed by atoms with Gasteiger partial charge in [0.05, 0.1) is 0 Å². The van der Waals surface area contributed by atoms with Crippen LogP contribution < -0.4 is 0 Å². The van der Waals surface area contributed by atoms with Gasteiger partial charge in [-0.2, -0.15) is 0 Å². The molecule has 0 spiro atoms. The van der Waals surface area contributed by atoms with Crippen LogP contribution in [-0.2, 0) is 4.79 Å². The van der Waals surface area contributed by atoms with E-state index in [1.165, 1.54) is 25.9 Å². The molecule has 19 heavy (non-hydrogen) atoms. The molecule has 0 aromatic carbocycles. The number of rotatable bonds is 1. The predicted octanol–water partition coefficient (Wildman–Crippen LogP) is 2.76. The minimum atomic E-state index is -0.229. The van der Waals surface area contributed by atoms with Crippen LogP contribution in [0.5, 0.6) is 0 Å². The van der Waals surface area contributed by atoms with E-state index in [2.05, 4.69) is 16.7 Å². The van der Waals surface area contributed by atoms with Crippen LogP contribution in [0.15, 0.2) is 0 Å². The normalized spacial score (nSPS) is 24.7. The van der Waals surface area contributed by atoms with Gasteiger partial charge in [-0.3, -0.25) is 4.79 Å². The van der Waals surface area contributed by atoms with Crippen LogP contribution in [0, 0.1) is 11.3 Å². The molecule has 2 rings (SSSR count). The average molecular weight is 266 g/mol. The van der Waals surface area contributed by atoms with E-state index < -0.39 is 0 Å². The summed E-state index contributed by atoms with van der Waals surface area (Å²) in [4.78, 5) is 17.0. The maximum absolute atomic E-state index is 12.3. The molecule has 3 nitrogen and oxygen atoms in total. The maximum atomic E-state index is 12.3. The van der Waals surface area contributed by atoms with Crippen LogP contribution in [-0.4, -0.2) is 47.9 Å². The molecule has 0 radical (unpaired) electrons. The number of likely N-dealkylation sites (tertiary alicyclic amines) is 2. The molecule has 2 heterocycles. The third-order valence-corrected chi connectivity index (χ3v) is 4.73. The van der Waals surface area contributed by atoms with Crippen molar-refractivity contribution in [1.29, 1.82) is 0 Å². The van der Waals surface area contributed by atoms with Crippen molar-refractivity contribution in [2.45, 2.75) is 59.4 Å². The van der Waals surface area contributed by atoms with Gasteiger partial charge >= 0.3 is 0 Å². The zero-order valence-corrected chi connectivity index (χ0v) is 13.1. The van der Waals surface area contributed by atoms with Crippen LogP contribution >= 0.6 is 0 Å². The van der Waals surface area contributed by atoms with Gasteiger partial charge in [-0.1, -0.05) is 27.7 Å². The van der Waals surface area contributed by atoms with Gasteiger partial charge in [-0.05, 0) is 44.7 Å². The second-order valence-corrected chi connectivity index (χ2v) is 7.49. The summed E-state index contributed by atoms with van der Waals surface area (Å²) >= 11 is 0. The van der Waals surface area contributed by atoms with Crippen LogP contribution in [0.3, 0.4) is 0 Å². The lowest BCUT2D eigenvalue weighted by atomic mass is 9.91. The Morgan fingerprint density at radius 1 is 0.947 bits per heavy atom. The van der Waals surface area contributed by atoms with E-state index in [0.717, 1.165) is 37.9 Å². The molecule has 0 unspecified atom stereocenters. The summed E-state index contributed by atoms with van der Waals surface area (Å²) in [6, 6.07) is 0.719. The Balaban J connectivity index is 1.81. The molecule has 2 aliphatic heterocycles. The summed E-state index contributed by atoms with van der Waals surface area (Å²) < 4.78 is 0. The third kappa shape index (κ3) is 3.71. The van der Waals surface area contributed by atoms with Crippen molar-refractivity contribution in [2.75, 3.05) is 26.2 Å². The van der Waals surface area contributed by atoms with E-state index in [9.17, 15) is 4.79 Å². The fourth-order valence-corrected chi connectivity index (χ4v) is 3.30. The molecule has 1 amide bonds. The second-order valence-electron chi connectivity index (χ2n) is 7.49. The van der Waals surface area contributed by atoms with Gasteiger partial charge in [0.15, 0.2) is 0 Å². The van der Waals surface area contributed by atoms with Gasteiger partial charge in [0.25, 0.3) is 0 Å². The zero-order chi connectivity index (χ0) is 14.0. The smallest absolute Gasteiger partial charge is 0.227 e. The van der Waals surface area contributed by atoms with Crippen molar-refractivity contribution in [3.8, 4) is 0 Å². The molecule has 3 heteroatoms. The van der Waals surface area contributed by atoms with Crippen molar-refractivity contribution in [3.63, 3.8) is 0 Å². The van der Waals surface area contributed by atoms with Gasteiger partial charge in [0, 0.05) is 24.5 Å². The number of amides is 1. The van der Waals surface area contributed by atoms with E-state index in [1.54, 1.807) is 0 Å². The average Bonchev–Trinajstić information content (AvgIpc) is 2.38. The molecule has 0 bridgehead atoms. The molecule has 0 N–H and O–H groups in total. The molecule has 0 saturated carbocycles. The molecular formula is C16H30N2O. The first-order valence-electron chi connectivity index (χ1n) is 7.91. The van der Waals surface area contributed by atoms with Gasteiger partial charge in [0.2, 0.25) is 5.91 Å². The van der Waals surface area contributed by atoms with Crippen LogP contribution in [0.25, 0.3) is 0 Å². The fraction of sp³-hybridized carbons (Fsp3) is 0.938. The van der Waals surface area contributed by atoms with Crippen LogP contribution in [0.1, 0.15) is 53.4 Å². The van der Waals surface area contributed by atoms with Crippen molar-refractivity contribution < 1.29 is 4.79 Å². The number of piperidine rings is 2. The molecule has 2 saturated heterocycles. The van der Waals surface area contributed by atoms with Gasteiger partial charge in [0.1, 0.15) is 0 Å². The quantitative estimate of drug-likeness (QED) is 0.728. The first-order chi connectivity index (χ1) is 8.88. The SMILES string of the molecule is CC1CCN(C2CCN(C(=O)C(C)(C)C)CC2)CC1. The molecule has 2 aliphatic rings. The van der Waals surface area contributed by atoms with E-state index in [0.29, 0.717) is 5.91 Å². The highest BCUT2D eigenvalue weighted by Crippen LogP contribution is 2.26. The van der Waals surface area contributed by atoms with Gasteiger partial charge < -0.3 is 9.80 Å². The predicted molar refractivity (Wildman–Crippen MR) is 79.0 cm³/mol. The second kappa shape index (κ2) is 5.82. The van der Waals surface area contributed by atoms with Crippen molar-refractivity contribution in [3.05, 3.63) is 0 Å². The highest BCUT2D eigenvalue weighted by Gasteiger charge is 2.32. The number of hydrogen-bond acceptors (Lipinski definition) is 2. The third-order valence-electron chi connectivity index (χ3n) is 4.73. The van der Waals surface area contributed by atoms with E-state index in [-0.39, 0.29) is 5.41 Å². The summed E-state index contributed by atoms with van der Waals surface area (Å²) in [5.41, 5.74) is -0.229. The fourth-order valence-electron chi connectivity index (χ4n) is 3.30. The first kappa shape index (κ1) is 14.8. The Bertz CT molecular complexity index is 305.